The highest BCUT2D eigenvalue weighted by Gasteiger charge is 2.67. The van der Waals surface area contributed by atoms with Crippen molar-refractivity contribution < 1.29 is 18.4 Å². The van der Waals surface area contributed by atoms with Gasteiger partial charge in [0, 0.05) is 25.7 Å². The average Bonchev–Trinajstić information content (AvgIpc) is 3.24. The summed E-state index contributed by atoms with van der Waals surface area (Å²) in [6, 6.07) is 38.4. The highest BCUT2D eigenvalue weighted by molar-refractivity contribution is 7.56. The normalized spacial score (nSPS) is 20.1. The van der Waals surface area contributed by atoms with E-state index < -0.39 is 18.7 Å². The Morgan fingerprint density at radius 1 is 0.639 bits per heavy atom. The van der Waals surface area contributed by atoms with Crippen LogP contribution in [0.2, 0.25) is 0 Å². The van der Waals surface area contributed by atoms with Crippen molar-refractivity contribution in [1.29, 1.82) is 0 Å². The van der Waals surface area contributed by atoms with Gasteiger partial charge in [0.25, 0.3) is 0 Å². The Kier molecular flexibility index (Phi) is 6.59. The van der Waals surface area contributed by atoms with Crippen LogP contribution in [0.4, 0.5) is 0 Å². The third kappa shape index (κ3) is 3.61. The molecule has 1 aliphatic rings. The van der Waals surface area contributed by atoms with Crippen LogP contribution in [0.5, 0.6) is 0 Å². The molecule has 0 spiro atoms. The van der Waals surface area contributed by atoms with Crippen molar-refractivity contribution in [2.75, 3.05) is 14.2 Å². The van der Waals surface area contributed by atoms with E-state index in [4.69, 9.17) is 9.05 Å². The number of allylic oxidation sites excluding steroid dienone is 2. The minimum Gasteiger partial charge on any atom is -0.311 e. The van der Waals surface area contributed by atoms with E-state index in [1.54, 1.807) is 0 Å². The summed E-state index contributed by atoms with van der Waals surface area (Å²) in [7, 11) is -1.36. The first-order valence-electron chi connectivity index (χ1n) is 11.8. The molecule has 0 heterocycles. The second-order valence-corrected chi connectivity index (χ2v) is 11.1. The van der Waals surface area contributed by atoms with Gasteiger partial charge >= 0.3 is 7.60 Å². The largest absolute Gasteiger partial charge is 0.349 e. The number of carbonyl (C=O) groups is 1. The van der Waals surface area contributed by atoms with E-state index in [0.29, 0.717) is 11.1 Å². The summed E-state index contributed by atoms with van der Waals surface area (Å²) >= 11 is 0. The molecule has 5 rings (SSSR count). The second kappa shape index (κ2) is 9.83. The molecule has 4 aromatic rings. The molecule has 0 fully saturated rings. The summed E-state index contributed by atoms with van der Waals surface area (Å²) in [5.41, 5.74) is 4.42. The van der Waals surface area contributed by atoms with Gasteiger partial charge in [0.05, 0.1) is 0 Å². The van der Waals surface area contributed by atoms with Gasteiger partial charge in [0.1, 0.15) is 0 Å². The van der Waals surface area contributed by atoms with Gasteiger partial charge in [-0.3, -0.25) is 9.36 Å². The van der Waals surface area contributed by atoms with E-state index in [-0.39, 0.29) is 5.78 Å². The summed E-state index contributed by atoms with van der Waals surface area (Å²) in [5, 5.41) is -1.63. The maximum Gasteiger partial charge on any atom is 0.349 e. The maximum atomic E-state index is 15.0. The van der Waals surface area contributed by atoms with E-state index in [2.05, 4.69) is 0 Å². The lowest BCUT2D eigenvalue weighted by Gasteiger charge is -2.40. The van der Waals surface area contributed by atoms with Crippen LogP contribution in [-0.4, -0.2) is 20.0 Å². The molecule has 0 aliphatic heterocycles. The van der Waals surface area contributed by atoms with Crippen molar-refractivity contribution in [3.63, 3.8) is 0 Å². The van der Waals surface area contributed by atoms with Crippen molar-refractivity contribution in [3.05, 3.63) is 144 Å². The second-order valence-electron chi connectivity index (χ2n) is 8.69. The first-order chi connectivity index (χ1) is 17.6. The van der Waals surface area contributed by atoms with Gasteiger partial charge in [-0.05, 0) is 27.8 Å². The Bertz CT molecular complexity index is 1430. The summed E-state index contributed by atoms with van der Waals surface area (Å²) in [4.78, 5) is 15.0. The fourth-order valence-electron chi connectivity index (χ4n) is 5.46. The minimum atomic E-state index is -4.07. The first-order valence-corrected chi connectivity index (χ1v) is 13.3. The van der Waals surface area contributed by atoms with Crippen LogP contribution in [0.25, 0.3) is 11.1 Å². The minimum absolute atomic E-state index is 0.278. The van der Waals surface area contributed by atoms with Crippen molar-refractivity contribution in [2.45, 2.75) is 11.1 Å². The lowest BCUT2D eigenvalue weighted by molar-refractivity contribution is -0.116. The van der Waals surface area contributed by atoms with Crippen LogP contribution in [0.15, 0.2) is 121 Å². The van der Waals surface area contributed by atoms with Crippen LogP contribution < -0.4 is 0 Å². The van der Waals surface area contributed by atoms with Crippen LogP contribution >= 0.6 is 7.60 Å². The molecule has 0 N–H and O–H groups in total. The highest BCUT2D eigenvalue weighted by Crippen LogP contribution is 2.75. The molecule has 0 saturated carbocycles. The van der Waals surface area contributed by atoms with Gasteiger partial charge < -0.3 is 9.05 Å². The summed E-state index contributed by atoms with van der Waals surface area (Å²) < 4.78 is 26.1. The summed E-state index contributed by atoms with van der Waals surface area (Å²) in [6.45, 7) is 0. The van der Waals surface area contributed by atoms with Gasteiger partial charge in [-0.1, -0.05) is 121 Å². The Morgan fingerprint density at radius 2 is 1.08 bits per heavy atom. The quantitative estimate of drug-likeness (QED) is 0.252. The van der Waals surface area contributed by atoms with Gasteiger partial charge in [0.15, 0.2) is 10.9 Å². The molecule has 5 heteroatoms. The van der Waals surface area contributed by atoms with E-state index in [1.165, 1.54) is 14.2 Å². The molecule has 4 aromatic carbocycles. The average molecular weight is 495 g/mol. The summed E-state index contributed by atoms with van der Waals surface area (Å²) in [6.07, 6.45) is 0. The maximum absolute atomic E-state index is 15.0. The van der Waals surface area contributed by atoms with E-state index in [0.717, 1.165) is 22.3 Å². The Labute approximate surface area is 211 Å². The molecule has 0 aromatic heterocycles. The Balaban J connectivity index is 1.98. The van der Waals surface area contributed by atoms with Crippen molar-refractivity contribution in [3.8, 4) is 0 Å². The lowest BCUT2D eigenvalue weighted by Crippen LogP contribution is -2.39. The third-order valence-corrected chi connectivity index (χ3v) is 9.50. The van der Waals surface area contributed by atoms with Crippen molar-refractivity contribution >= 4 is 24.5 Å². The highest BCUT2D eigenvalue weighted by atomic mass is 31.2. The van der Waals surface area contributed by atoms with Gasteiger partial charge in [-0.25, -0.2) is 0 Å². The zero-order valence-corrected chi connectivity index (χ0v) is 21.1. The molecule has 1 aliphatic carbocycles. The molecule has 180 valence electrons. The molecule has 0 radical (unpaired) electrons. The number of hydrogen-bond donors (Lipinski definition) is 0. The number of Topliss-reactive ketones (excluding diaryl/α,β-unsaturated/α-hetero) is 1. The zero-order valence-electron chi connectivity index (χ0n) is 20.2. The monoisotopic (exact) mass is 494 g/mol. The van der Waals surface area contributed by atoms with E-state index in [1.807, 2.05) is 121 Å². The number of carbonyl (C=O) groups excluding carboxylic acids is 1. The number of ketones is 1. The molecular formula is C31H27O4P. The molecule has 2 atom stereocenters. The topological polar surface area (TPSA) is 52.6 Å². The van der Waals surface area contributed by atoms with Crippen LogP contribution in [0.1, 0.15) is 28.2 Å². The molecule has 4 nitrogen and oxygen atoms in total. The molecule has 0 bridgehead atoms. The van der Waals surface area contributed by atoms with Crippen molar-refractivity contribution in [1.82, 2.24) is 0 Å². The standard InChI is InChI=1S/C31H27O4P/c1-34-36(33,35-2)31(26-21-13-6-14-22-26)29(25-19-11-5-12-20-25)27(23-15-7-3-8-16-23)28(30(31)32)24-17-9-4-10-18-24/h3-22,29H,1-2H3. The fraction of sp³-hybridized carbons (Fsp3) is 0.129. The number of benzene rings is 4. The van der Waals surface area contributed by atoms with Gasteiger partial charge in [-0.15, -0.1) is 0 Å². The van der Waals surface area contributed by atoms with Crippen molar-refractivity contribution in [2.24, 2.45) is 0 Å². The van der Waals surface area contributed by atoms with Crippen LogP contribution in [0.3, 0.4) is 0 Å². The summed E-state index contributed by atoms with van der Waals surface area (Å²) in [5.74, 6) is -0.906. The molecule has 36 heavy (non-hydrogen) atoms. The molecular weight excluding hydrogens is 467 g/mol. The SMILES string of the molecule is COP(=O)(OC)C1(c2ccccc2)C(=O)C(c2ccccc2)=C(c2ccccc2)C1c1ccccc1. The molecule has 0 amide bonds. The molecule has 2 unspecified atom stereocenters. The number of rotatable bonds is 7. The number of hydrogen-bond acceptors (Lipinski definition) is 4. The van der Waals surface area contributed by atoms with E-state index >= 15 is 0 Å². The Morgan fingerprint density at radius 3 is 1.58 bits per heavy atom. The van der Waals surface area contributed by atoms with Crippen LogP contribution in [-0.2, 0) is 23.6 Å². The molecule has 0 saturated heterocycles. The Hall–Kier alpha value is -3.56. The van der Waals surface area contributed by atoms with Gasteiger partial charge in [-0.2, -0.15) is 0 Å². The van der Waals surface area contributed by atoms with Gasteiger partial charge in [0.2, 0.25) is 0 Å². The predicted molar refractivity (Wildman–Crippen MR) is 144 cm³/mol. The fourth-order valence-corrected chi connectivity index (χ4v) is 7.61. The smallest absolute Gasteiger partial charge is 0.311 e. The zero-order chi connectivity index (χ0) is 25.2. The third-order valence-electron chi connectivity index (χ3n) is 6.96. The lowest BCUT2D eigenvalue weighted by atomic mass is 9.77. The van der Waals surface area contributed by atoms with Crippen LogP contribution in [0, 0.1) is 0 Å². The van der Waals surface area contributed by atoms with E-state index in [9.17, 15) is 9.36 Å². The predicted octanol–water partition coefficient (Wildman–Crippen LogP) is 7.35. The first kappa shape index (κ1) is 24.1.